The molecule has 1 aliphatic heterocycles. The van der Waals surface area contributed by atoms with Crippen LogP contribution in [0.1, 0.15) is 46.0 Å². The van der Waals surface area contributed by atoms with E-state index in [9.17, 15) is 9.90 Å². The number of nitrogens with one attached hydrogen (secondary N) is 1. The highest BCUT2D eigenvalue weighted by molar-refractivity contribution is 5.93. The number of fused-ring (bicyclic) bond motifs is 1. The number of allylic oxidation sites excluding steroid dienone is 1. The monoisotopic (exact) mass is 504 g/mol. The summed E-state index contributed by atoms with van der Waals surface area (Å²) in [4.78, 5) is 12.2. The van der Waals surface area contributed by atoms with E-state index in [1.165, 1.54) is 16.8 Å². The highest BCUT2D eigenvalue weighted by atomic mass is 16.5. The van der Waals surface area contributed by atoms with Gasteiger partial charge in [-0.25, -0.2) is 4.79 Å². The Morgan fingerprint density at radius 2 is 2.08 bits per heavy atom. The van der Waals surface area contributed by atoms with Gasteiger partial charge < -0.3 is 15.2 Å². The van der Waals surface area contributed by atoms with Crippen molar-refractivity contribution < 1.29 is 14.6 Å². The second kappa shape index (κ2) is 12.9. The van der Waals surface area contributed by atoms with Gasteiger partial charge >= 0.3 is 5.97 Å². The maximum absolute atomic E-state index is 12.2. The normalized spacial score (nSPS) is 25.0. The van der Waals surface area contributed by atoms with Crippen LogP contribution < -0.4 is 5.32 Å². The van der Waals surface area contributed by atoms with Gasteiger partial charge in [-0.1, -0.05) is 54.6 Å². The fraction of sp³-hybridized carbons (Fsp3) is 0.500. The van der Waals surface area contributed by atoms with Gasteiger partial charge in [0.2, 0.25) is 0 Å². The minimum absolute atomic E-state index is 0.0714. The summed E-state index contributed by atoms with van der Waals surface area (Å²) in [6.45, 7) is 9.25. The first-order chi connectivity index (χ1) is 17.9. The van der Waals surface area contributed by atoms with Crippen LogP contribution in [0, 0.1) is 11.8 Å². The number of hydrogen-bond donors (Lipinski definition) is 2. The average molecular weight is 505 g/mol. The van der Waals surface area contributed by atoms with Crippen LogP contribution in [-0.2, 0) is 9.53 Å². The van der Waals surface area contributed by atoms with Crippen molar-refractivity contribution in [3.05, 3.63) is 67.3 Å². The molecular formula is C30H40N4O3. The number of nitrogens with zero attached hydrogens (tertiary/aromatic N) is 3. The summed E-state index contributed by atoms with van der Waals surface area (Å²) in [5, 5.41) is 27.8. The maximum atomic E-state index is 12.2. The SMILES string of the molecule is C=CCCC[C@H](C)OC(=O)/C=C/[C@@H](O)[C@@H]1CC(N2CC(CNc3cccc4ccccc34)N=N2)C[C@H]1C. The topological polar surface area (TPSA) is 86.5 Å². The smallest absolute Gasteiger partial charge is 0.330 e. The van der Waals surface area contributed by atoms with E-state index in [-0.39, 0.29) is 24.1 Å². The number of hydrogen-bond acceptors (Lipinski definition) is 7. The molecule has 1 fully saturated rings. The maximum Gasteiger partial charge on any atom is 0.330 e. The average Bonchev–Trinajstić information content (AvgIpc) is 3.53. The fourth-order valence-corrected chi connectivity index (χ4v) is 5.50. The Hall–Kier alpha value is -3.19. The fourth-order valence-electron chi connectivity index (χ4n) is 5.50. The Kier molecular flexibility index (Phi) is 9.34. The molecule has 1 heterocycles. The van der Waals surface area contributed by atoms with Gasteiger partial charge in [0.1, 0.15) is 6.04 Å². The quantitative estimate of drug-likeness (QED) is 0.162. The van der Waals surface area contributed by atoms with Gasteiger partial charge in [0.25, 0.3) is 0 Å². The van der Waals surface area contributed by atoms with E-state index < -0.39 is 12.1 Å². The van der Waals surface area contributed by atoms with Crippen molar-refractivity contribution in [2.24, 2.45) is 22.2 Å². The molecule has 0 bridgehead atoms. The van der Waals surface area contributed by atoms with E-state index in [4.69, 9.17) is 4.74 Å². The van der Waals surface area contributed by atoms with Crippen LogP contribution in [0.2, 0.25) is 0 Å². The van der Waals surface area contributed by atoms with Crippen molar-refractivity contribution in [2.45, 2.75) is 70.2 Å². The summed E-state index contributed by atoms with van der Waals surface area (Å²) in [5.41, 5.74) is 1.11. The van der Waals surface area contributed by atoms with Gasteiger partial charge in [-0.05, 0) is 68.4 Å². The predicted molar refractivity (Wildman–Crippen MR) is 148 cm³/mol. The number of unbranched alkanes of at least 4 members (excludes halogenated alkanes) is 1. The summed E-state index contributed by atoms with van der Waals surface area (Å²) in [6.07, 6.45) is 8.43. The lowest BCUT2D eigenvalue weighted by Gasteiger charge is -2.22. The Morgan fingerprint density at radius 1 is 1.27 bits per heavy atom. The summed E-state index contributed by atoms with van der Waals surface area (Å²) < 4.78 is 5.42. The molecule has 0 saturated heterocycles. The molecule has 1 saturated carbocycles. The van der Waals surface area contributed by atoms with Crippen LogP contribution in [-0.4, -0.2) is 53.5 Å². The zero-order valence-corrected chi connectivity index (χ0v) is 22.0. The van der Waals surface area contributed by atoms with Gasteiger partial charge in [-0.2, -0.15) is 5.11 Å². The Morgan fingerprint density at radius 3 is 2.92 bits per heavy atom. The molecular weight excluding hydrogens is 464 g/mol. The van der Waals surface area contributed by atoms with Crippen molar-refractivity contribution >= 4 is 22.4 Å². The first kappa shape index (κ1) is 26.9. The summed E-state index contributed by atoms with van der Waals surface area (Å²) in [7, 11) is 0. The molecule has 0 spiro atoms. The Balaban J connectivity index is 1.23. The van der Waals surface area contributed by atoms with Crippen molar-refractivity contribution in [2.75, 3.05) is 18.4 Å². The van der Waals surface area contributed by atoms with Crippen molar-refractivity contribution in [1.29, 1.82) is 0 Å². The number of anilines is 1. The van der Waals surface area contributed by atoms with Gasteiger partial charge in [-0.3, -0.25) is 5.01 Å². The van der Waals surface area contributed by atoms with E-state index in [1.54, 1.807) is 6.08 Å². The van der Waals surface area contributed by atoms with Crippen LogP contribution in [0.4, 0.5) is 5.69 Å². The van der Waals surface area contributed by atoms with Crippen molar-refractivity contribution in [3.63, 3.8) is 0 Å². The van der Waals surface area contributed by atoms with Crippen LogP contribution in [0.5, 0.6) is 0 Å². The number of benzene rings is 2. The molecule has 2 aromatic rings. The molecule has 0 aromatic heterocycles. The second-order valence-electron chi connectivity index (χ2n) is 10.5. The van der Waals surface area contributed by atoms with Crippen LogP contribution in [0.3, 0.4) is 0 Å². The molecule has 198 valence electrons. The molecule has 2 aromatic carbocycles. The van der Waals surface area contributed by atoms with E-state index >= 15 is 0 Å². The molecule has 2 aliphatic rings. The molecule has 0 amide bonds. The standard InChI is InChI=1S/C30H40N4O3/c1-4-5-6-10-22(3)37-30(36)16-15-29(35)27-18-25(17-21(27)2)34-20-24(32-33-34)19-31-28-14-9-12-23-11-7-8-13-26(23)28/h4,7-9,11-16,21-22,24-25,27,29,31,35H,1,5-6,10,17-20H2,2-3H3/b16-15+/t21-,22+,24?,25?,27-,29-/m1/s1. The van der Waals surface area contributed by atoms with E-state index in [2.05, 4.69) is 76.6 Å². The molecule has 6 atom stereocenters. The Labute approximate surface area is 220 Å². The van der Waals surface area contributed by atoms with Gasteiger partial charge in [0.05, 0.1) is 18.8 Å². The highest BCUT2D eigenvalue weighted by Gasteiger charge is 2.39. The molecule has 2 unspecified atom stereocenters. The van der Waals surface area contributed by atoms with E-state index in [1.807, 2.05) is 13.0 Å². The van der Waals surface area contributed by atoms with Gasteiger partial charge in [0, 0.05) is 29.7 Å². The molecule has 1 aliphatic carbocycles. The zero-order valence-electron chi connectivity index (χ0n) is 22.0. The number of aliphatic hydroxyl groups is 1. The minimum atomic E-state index is -0.688. The molecule has 7 nitrogen and oxygen atoms in total. The summed E-state index contributed by atoms with van der Waals surface area (Å²) in [5.74, 6) is -0.00842. The lowest BCUT2D eigenvalue weighted by atomic mass is 9.92. The largest absolute Gasteiger partial charge is 0.460 e. The number of rotatable bonds is 12. The van der Waals surface area contributed by atoms with Crippen molar-refractivity contribution in [1.82, 2.24) is 5.01 Å². The molecule has 2 N–H and O–H groups in total. The summed E-state index contributed by atoms with van der Waals surface area (Å²) in [6, 6.07) is 15.0. The zero-order chi connectivity index (χ0) is 26.2. The van der Waals surface area contributed by atoms with Crippen molar-refractivity contribution in [3.8, 4) is 0 Å². The highest BCUT2D eigenvalue weighted by Crippen LogP contribution is 2.38. The Bertz CT molecular complexity index is 1110. The predicted octanol–water partition coefficient (Wildman–Crippen LogP) is 5.92. The molecule has 7 heteroatoms. The third-order valence-electron chi connectivity index (χ3n) is 7.59. The number of carbonyl (C=O) groups excluding carboxylic acids is 1. The number of ether oxygens (including phenoxy) is 1. The number of aliphatic hydroxyl groups excluding tert-OH is 1. The van der Waals surface area contributed by atoms with Crippen LogP contribution in [0.15, 0.2) is 77.6 Å². The number of esters is 1. The first-order valence-electron chi connectivity index (χ1n) is 13.5. The van der Waals surface area contributed by atoms with Gasteiger partial charge in [-0.15, -0.1) is 6.58 Å². The molecule has 0 radical (unpaired) electrons. The number of carbonyl (C=O) groups is 1. The second-order valence-corrected chi connectivity index (χ2v) is 10.5. The lowest BCUT2D eigenvalue weighted by molar-refractivity contribution is -0.142. The van der Waals surface area contributed by atoms with Gasteiger partial charge in [0.15, 0.2) is 0 Å². The van der Waals surface area contributed by atoms with Crippen LogP contribution in [0.25, 0.3) is 10.8 Å². The first-order valence-corrected chi connectivity index (χ1v) is 13.5. The lowest BCUT2D eigenvalue weighted by Crippen LogP contribution is -2.33. The minimum Gasteiger partial charge on any atom is -0.460 e. The van der Waals surface area contributed by atoms with E-state index in [0.29, 0.717) is 5.92 Å². The molecule has 37 heavy (non-hydrogen) atoms. The third kappa shape index (κ3) is 7.19. The third-order valence-corrected chi connectivity index (χ3v) is 7.59. The van der Waals surface area contributed by atoms with E-state index in [0.717, 1.165) is 50.9 Å². The summed E-state index contributed by atoms with van der Waals surface area (Å²) >= 11 is 0. The van der Waals surface area contributed by atoms with Crippen LogP contribution >= 0.6 is 0 Å². The molecule has 4 rings (SSSR count).